The molecule has 5 atom stereocenters. The lowest BCUT2D eigenvalue weighted by atomic mass is 9.48. The van der Waals surface area contributed by atoms with Crippen LogP contribution in [0, 0.1) is 0 Å². The lowest BCUT2D eigenvalue weighted by molar-refractivity contribution is -0.177. The van der Waals surface area contributed by atoms with Crippen molar-refractivity contribution in [1.82, 2.24) is 9.62 Å². The fourth-order valence-electron chi connectivity index (χ4n) is 7.92. The van der Waals surface area contributed by atoms with E-state index in [9.17, 15) is 31.5 Å². The molecule has 0 radical (unpaired) electrons. The number of amides is 1. The van der Waals surface area contributed by atoms with Crippen molar-refractivity contribution in [2.75, 3.05) is 13.7 Å². The second-order valence-corrected chi connectivity index (χ2v) is 13.5. The van der Waals surface area contributed by atoms with Crippen molar-refractivity contribution in [3.05, 3.63) is 83.3 Å². The molecule has 3 aromatic rings. The number of alkyl halides is 3. The van der Waals surface area contributed by atoms with Crippen LogP contribution in [0.15, 0.2) is 70.4 Å². The van der Waals surface area contributed by atoms with Crippen LogP contribution >= 0.6 is 0 Å². The van der Waals surface area contributed by atoms with Crippen molar-refractivity contribution >= 4 is 22.0 Å². The Bertz CT molecular complexity index is 1770. The Morgan fingerprint density at radius 2 is 1.98 bits per heavy atom. The smallest absolute Gasteiger partial charge is 0.417 e. The quantitative estimate of drug-likeness (QED) is 0.395. The molecule has 2 aliphatic heterocycles. The molecular weight excluding hydrogens is 601 g/mol. The zero-order chi connectivity index (χ0) is 31.1. The van der Waals surface area contributed by atoms with E-state index in [1.54, 1.807) is 24.3 Å². The molecular formula is C31H29F3N2O7S. The molecule has 44 heavy (non-hydrogen) atoms. The number of rotatable bonds is 6. The standard InChI is InChI=1S/C31H29F3N2O7S/c1-41-22-8-7-19-16-24-30(38)12-10-21(35-25(37)9-6-18-11-15-42-17-18)28-29(30,26(19)27(22)43-28)13-14-36(24)44(39,40)23-5-3-2-4-20(23)31(32,33)34/h2-9,11,15,17,21,24,28,38H,10,12-14,16H2,1H3,(H,35,37)/b9-6+/t21-,24-,28+,29+,30-/m0/s1. The van der Waals surface area contributed by atoms with Crippen molar-refractivity contribution in [2.45, 2.75) is 66.0 Å². The largest absolute Gasteiger partial charge is 0.493 e. The van der Waals surface area contributed by atoms with Gasteiger partial charge in [-0.3, -0.25) is 4.79 Å². The molecule has 2 bridgehead atoms. The number of carbonyl (C=O) groups excluding carboxylic acids is 1. The molecule has 7 rings (SSSR count). The molecule has 9 nitrogen and oxygen atoms in total. The van der Waals surface area contributed by atoms with Crippen molar-refractivity contribution < 1.29 is 45.4 Å². The van der Waals surface area contributed by atoms with E-state index >= 15 is 0 Å². The number of hydrogen-bond acceptors (Lipinski definition) is 7. The number of nitrogens with one attached hydrogen (secondary N) is 1. The van der Waals surface area contributed by atoms with Crippen molar-refractivity contribution in [1.29, 1.82) is 0 Å². The van der Waals surface area contributed by atoms with Crippen molar-refractivity contribution in [2.24, 2.45) is 0 Å². The molecule has 0 unspecified atom stereocenters. The van der Waals surface area contributed by atoms with Gasteiger partial charge >= 0.3 is 6.18 Å². The summed E-state index contributed by atoms with van der Waals surface area (Å²) >= 11 is 0. The fraction of sp³-hybridized carbons (Fsp3) is 0.387. The third-order valence-corrected chi connectivity index (χ3v) is 11.7. The Morgan fingerprint density at radius 3 is 2.70 bits per heavy atom. The molecule has 3 heterocycles. The van der Waals surface area contributed by atoms with E-state index in [-0.39, 0.29) is 38.1 Å². The average molecular weight is 631 g/mol. The van der Waals surface area contributed by atoms with E-state index in [2.05, 4.69) is 5.32 Å². The van der Waals surface area contributed by atoms with Crippen LogP contribution in [-0.2, 0) is 32.8 Å². The van der Waals surface area contributed by atoms with Crippen molar-refractivity contribution in [3.63, 3.8) is 0 Å². The number of benzene rings is 2. The first-order valence-corrected chi connectivity index (χ1v) is 15.6. The highest BCUT2D eigenvalue weighted by Gasteiger charge is 2.74. The van der Waals surface area contributed by atoms with E-state index in [0.717, 1.165) is 22.5 Å². The highest BCUT2D eigenvalue weighted by molar-refractivity contribution is 7.89. The summed E-state index contributed by atoms with van der Waals surface area (Å²) in [6, 6.07) is 7.65. The van der Waals surface area contributed by atoms with Crippen LogP contribution in [0.5, 0.6) is 11.5 Å². The number of carbonyl (C=O) groups is 1. The summed E-state index contributed by atoms with van der Waals surface area (Å²) in [5.74, 6) is 0.481. The molecule has 1 spiro atoms. The predicted molar refractivity (Wildman–Crippen MR) is 150 cm³/mol. The molecule has 13 heteroatoms. The molecule has 2 aromatic carbocycles. The van der Waals surface area contributed by atoms with E-state index in [1.165, 1.54) is 31.8 Å². The Morgan fingerprint density at radius 1 is 1.18 bits per heavy atom. The maximum atomic E-state index is 14.0. The van der Waals surface area contributed by atoms with Gasteiger partial charge in [0.1, 0.15) is 6.10 Å². The predicted octanol–water partition coefficient (Wildman–Crippen LogP) is 4.05. The minimum absolute atomic E-state index is 0.0580. The van der Waals surface area contributed by atoms with Crippen LogP contribution in [0.2, 0.25) is 0 Å². The van der Waals surface area contributed by atoms with E-state index in [1.807, 2.05) is 0 Å². The number of sulfonamides is 1. The van der Waals surface area contributed by atoms with Crippen LogP contribution < -0.4 is 14.8 Å². The Kier molecular flexibility index (Phi) is 6.47. The van der Waals surface area contributed by atoms with Crippen LogP contribution in [-0.4, -0.2) is 61.2 Å². The lowest BCUT2D eigenvalue weighted by Gasteiger charge is -2.63. The molecule has 1 amide bonds. The molecule has 2 fully saturated rings. The second kappa shape index (κ2) is 9.85. The molecule has 2 aliphatic carbocycles. The maximum Gasteiger partial charge on any atom is 0.417 e. The average Bonchev–Trinajstić information content (AvgIpc) is 3.63. The third kappa shape index (κ3) is 3.98. The van der Waals surface area contributed by atoms with Gasteiger partial charge in [0, 0.05) is 23.7 Å². The highest BCUT2D eigenvalue weighted by Crippen LogP contribution is 2.66. The van der Waals surface area contributed by atoms with Crippen LogP contribution in [0.25, 0.3) is 6.08 Å². The number of furan rings is 1. The number of ether oxygens (including phenoxy) is 2. The Balaban J connectivity index is 1.31. The SMILES string of the molecule is COc1ccc2c3c1O[C@@H]1[C@@H](NC(=O)/C=C/c4ccoc4)CC[C@]4(O)[C@H](C2)N(S(=O)(=O)c2ccccc2C(F)(F)F)CC[C@@]314. The fourth-order valence-corrected chi connectivity index (χ4v) is 9.80. The number of halogens is 3. The van der Waals surface area contributed by atoms with Gasteiger partial charge < -0.3 is 24.3 Å². The van der Waals surface area contributed by atoms with Gasteiger partial charge in [-0.25, -0.2) is 8.42 Å². The zero-order valence-corrected chi connectivity index (χ0v) is 24.3. The minimum atomic E-state index is -4.89. The molecule has 1 aromatic heterocycles. The van der Waals surface area contributed by atoms with Gasteiger partial charge in [-0.1, -0.05) is 18.2 Å². The normalized spacial score (nSPS) is 29.2. The monoisotopic (exact) mass is 630 g/mol. The van der Waals surface area contributed by atoms with Gasteiger partial charge in [0.25, 0.3) is 0 Å². The number of nitrogens with zero attached hydrogens (tertiary/aromatic N) is 1. The summed E-state index contributed by atoms with van der Waals surface area (Å²) < 4.78 is 88.1. The van der Waals surface area contributed by atoms with Gasteiger partial charge in [0.2, 0.25) is 15.9 Å². The zero-order valence-electron chi connectivity index (χ0n) is 23.5. The summed E-state index contributed by atoms with van der Waals surface area (Å²) in [4.78, 5) is 12.2. The molecule has 1 saturated heterocycles. The number of aliphatic hydroxyl groups is 1. The van der Waals surface area contributed by atoms with Gasteiger partial charge in [-0.05, 0) is 61.6 Å². The van der Waals surface area contributed by atoms with E-state index in [4.69, 9.17) is 13.9 Å². The van der Waals surface area contributed by atoms with Crippen LogP contribution in [0.3, 0.4) is 0 Å². The minimum Gasteiger partial charge on any atom is -0.493 e. The highest BCUT2D eigenvalue weighted by atomic mass is 32.2. The second-order valence-electron chi connectivity index (χ2n) is 11.7. The molecule has 1 saturated carbocycles. The topological polar surface area (TPSA) is 118 Å². The van der Waals surface area contributed by atoms with E-state index in [0.29, 0.717) is 28.2 Å². The van der Waals surface area contributed by atoms with Gasteiger partial charge in [0.15, 0.2) is 11.5 Å². The maximum absolute atomic E-state index is 14.0. The summed E-state index contributed by atoms with van der Waals surface area (Å²) in [5.41, 5.74) is -1.97. The van der Waals surface area contributed by atoms with Crippen LogP contribution in [0.4, 0.5) is 13.2 Å². The van der Waals surface area contributed by atoms with E-state index < -0.39 is 55.9 Å². The summed E-state index contributed by atoms with van der Waals surface area (Å²) in [5, 5.41) is 15.7. The number of hydrogen-bond donors (Lipinski definition) is 2. The summed E-state index contributed by atoms with van der Waals surface area (Å²) in [6.45, 7) is -0.154. The third-order valence-electron chi connectivity index (χ3n) is 9.69. The Labute approximate surface area is 251 Å². The number of methoxy groups -OCH3 is 1. The van der Waals surface area contributed by atoms with Gasteiger partial charge in [0.05, 0.1) is 53.2 Å². The lowest BCUT2D eigenvalue weighted by Crippen LogP contribution is -2.78. The summed E-state index contributed by atoms with van der Waals surface area (Å²) in [6.07, 6.45) is 0.713. The molecule has 232 valence electrons. The van der Waals surface area contributed by atoms with Gasteiger partial charge in [-0.15, -0.1) is 0 Å². The molecule has 4 aliphatic rings. The first-order valence-electron chi connectivity index (χ1n) is 14.2. The van der Waals surface area contributed by atoms with Crippen LogP contribution in [0.1, 0.15) is 41.5 Å². The Hall–Kier alpha value is -3.81. The van der Waals surface area contributed by atoms with Crippen molar-refractivity contribution in [3.8, 4) is 11.5 Å². The van der Waals surface area contributed by atoms with Gasteiger partial charge in [-0.2, -0.15) is 17.5 Å². The first kappa shape index (κ1) is 28.9. The number of piperidine rings is 1. The summed E-state index contributed by atoms with van der Waals surface area (Å²) in [7, 11) is -3.20. The molecule has 2 N–H and O–H groups in total. The first-order chi connectivity index (χ1) is 20.9.